The Labute approximate surface area is 204 Å². The third-order valence-electron chi connectivity index (χ3n) is 4.67. The molecule has 31 heavy (non-hydrogen) atoms. The van der Waals surface area contributed by atoms with E-state index in [9.17, 15) is 18.0 Å². The number of nitrogens with one attached hydrogen (secondary N) is 2. The van der Waals surface area contributed by atoms with Gasteiger partial charge in [-0.15, -0.1) is 0 Å². The van der Waals surface area contributed by atoms with E-state index in [4.69, 9.17) is 10.5 Å². The Morgan fingerprint density at radius 1 is 1.13 bits per heavy atom. The van der Waals surface area contributed by atoms with Gasteiger partial charge in [-0.1, -0.05) is 18.2 Å². The van der Waals surface area contributed by atoms with Crippen molar-refractivity contribution in [1.82, 2.24) is 0 Å². The number of esters is 1. The van der Waals surface area contributed by atoms with Crippen LogP contribution in [0.25, 0.3) is 0 Å². The van der Waals surface area contributed by atoms with Gasteiger partial charge in [0.2, 0.25) is 10.9 Å². The van der Waals surface area contributed by atoms with Crippen LogP contribution in [0.2, 0.25) is 0 Å². The summed E-state index contributed by atoms with van der Waals surface area (Å²) in [6.45, 7) is 1.89. The van der Waals surface area contributed by atoms with Gasteiger partial charge in [0.15, 0.2) is 0 Å². The van der Waals surface area contributed by atoms with Gasteiger partial charge in [-0.25, -0.2) is 13.2 Å². The Kier molecular flexibility index (Phi) is 9.12. The molecule has 0 fully saturated rings. The van der Waals surface area contributed by atoms with Crippen LogP contribution in [0.1, 0.15) is 41.6 Å². The van der Waals surface area contributed by atoms with E-state index in [0.717, 1.165) is 24.8 Å². The summed E-state index contributed by atoms with van der Waals surface area (Å²) >= 11 is 0. The van der Waals surface area contributed by atoms with Crippen molar-refractivity contribution < 1.29 is 22.7 Å². The molecule has 1 aliphatic rings. The second-order valence-corrected chi connectivity index (χ2v) is 7.69. The van der Waals surface area contributed by atoms with Gasteiger partial charge >= 0.3 is 35.5 Å². The fraction of sp³-hybridized carbons (Fsp3) is 0.238. The van der Waals surface area contributed by atoms with E-state index in [0.29, 0.717) is 17.7 Å². The Bertz CT molecular complexity index is 1090. The molecule has 0 saturated carbocycles. The van der Waals surface area contributed by atoms with E-state index in [-0.39, 0.29) is 52.2 Å². The fourth-order valence-corrected chi connectivity index (χ4v) is 3.67. The van der Waals surface area contributed by atoms with Crippen molar-refractivity contribution in [2.24, 2.45) is 5.73 Å². The molecule has 1 aliphatic carbocycles. The molecule has 0 radical (unpaired) electrons. The number of primary amides is 1. The van der Waals surface area contributed by atoms with E-state index in [1.807, 2.05) is 31.2 Å². The fourth-order valence-electron chi connectivity index (χ4n) is 3.29. The summed E-state index contributed by atoms with van der Waals surface area (Å²) in [5.41, 5.74) is 7.80. The molecule has 10 heteroatoms. The van der Waals surface area contributed by atoms with Gasteiger partial charge in [0.05, 0.1) is 11.4 Å². The number of allylic oxidation sites excluding steroid dienone is 1. The summed E-state index contributed by atoms with van der Waals surface area (Å²) in [4.78, 5) is 24.8. The van der Waals surface area contributed by atoms with Crippen LogP contribution in [0.3, 0.4) is 0 Å². The number of thiol groups is 1. The zero-order valence-electron chi connectivity index (χ0n) is 16.4. The van der Waals surface area contributed by atoms with Gasteiger partial charge in [0, 0.05) is 11.3 Å². The Morgan fingerprint density at radius 2 is 1.90 bits per heavy atom. The number of hydrogen-bond acceptors (Lipinski definition) is 6. The number of hydrogen-bond donors (Lipinski definition) is 4. The third kappa shape index (κ3) is 6.57. The van der Waals surface area contributed by atoms with Crippen molar-refractivity contribution in [2.45, 2.75) is 32.6 Å². The van der Waals surface area contributed by atoms with E-state index in [1.165, 1.54) is 12.1 Å². The number of aryl methyl sites for hydroxylation is 1. The first kappa shape index (κ1) is 24.9. The molecule has 160 valence electrons. The molecule has 0 aliphatic heterocycles. The first-order valence-electron chi connectivity index (χ1n) is 9.48. The number of rotatable bonds is 7. The standard InChI is InChI=1S/C21H23N3O5S.Na.H/c1-13-6-5-9-15(12-13)23-19-16(24-30(27)28)10-11-17(18(19)20(22)25)29-21(26)14-7-3-2-4-8-14;;/h5-7,9-12,23,30H,2-4,8H2,1H3,(H2,22,25)(H,24,27,28);;. The van der Waals surface area contributed by atoms with E-state index < -0.39 is 22.8 Å². The molecule has 0 unspecified atom stereocenters. The number of amides is 1. The maximum absolute atomic E-state index is 12.5. The summed E-state index contributed by atoms with van der Waals surface area (Å²) in [5, 5.41) is 3.03. The number of benzene rings is 2. The van der Waals surface area contributed by atoms with E-state index in [1.54, 1.807) is 6.07 Å². The van der Waals surface area contributed by atoms with Crippen LogP contribution >= 0.6 is 0 Å². The SMILES string of the molecule is Cc1cccc(Nc2c(N[SH](=O)=O)ccc(OC(=O)C3=CCCCC3)c2C(N)=O)c1.[NaH]. The summed E-state index contributed by atoms with van der Waals surface area (Å²) in [7, 11) is -3.00. The molecule has 0 heterocycles. The van der Waals surface area contributed by atoms with Crippen molar-refractivity contribution in [1.29, 1.82) is 0 Å². The summed E-state index contributed by atoms with van der Waals surface area (Å²) in [5.74, 6) is -1.45. The quantitative estimate of drug-likeness (QED) is 0.221. The van der Waals surface area contributed by atoms with Crippen LogP contribution in [0.4, 0.5) is 17.1 Å². The second-order valence-electron chi connectivity index (χ2n) is 6.95. The monoisotopic (exact) mass is 453 g/mol. The number of ether oxygens (including phenoxy) is 1. The number of nitrogens with two attached hydrogens (primary N) is 1. The van der Waals surface area contributed by atoms with Gasteiger partial charge in [-0.3, -0.25) is 9.52 Å². The first-order chi connectivity index (χ1) is 14.3. The molecule has 2 aromatic carbocycles. The Balaban J connectivity index is 0.00000341. The molecule has 3 rings (SSSR count). The third-order valence-corrected chi connectivity index (χ3v) is 5.09. The number of anilines is 3. The predicted octanol–water partition coefficient (Wildman–Crippen LogP) is 2.53. The summed E-state index contributed by atoms with van der Waals surface area (Å²) < 4.78 is 30.3. The van der Waals surface area contributed by atoms with Crippen LogP contribution in [0.5, 0.6) is 5.75 Å². The molecule has 1 amide bonds. The predicted molar refractivity (Wildman–Crippen MR) is 123 cm³/mol. The average molecular weight is 453 g/mol. The van der Waals surface area contributed by atoms with Crippen LogP contribution < -0.4 is 20.5 Å². The zero-order chi connectivity index (χ0) is 21.7. The van der Waals surface area contributed by atoms with Crippen LogP contribution in [-0.4, -0.2) is 49.9 Å². The minimum absolute atomic E-state index is 0. The molecule has 4 N–H and O–H groups in total. The van der Waals surface area contributed by atoms with Crippen molar-refractivity contribution in [2.75, 3.05) is 10.0 Å². The zero-order valence-corrected chi connectivity index (χ0v) is 17.3. The molecule has 8 nitrogen and oxygen atoms in total. The minimum atomic E-state index is -3.00. The van der Waals surface area contributed by atoms with Crippen molar-refractivity contribution in [3.05, 3.63) is 59.2 Å². The maximum atomic E-state index is 12.5. The van der Waals surface area contributed by atoms with E-state index in [2.05, 4.69) is 10.0 Å². The Morgan fingerprint density at radius 3 is 2.52 bits per heavy atom. The molecule has 0 spiro atoms. The molecule has 2 aromatic rings. The first-order valence-corrected chi connectivity index (χ1v) is 10.7. The van der Waals surface area contributed by atoms with Gasteiger partial charge in [0.1, 0.15) is 11.3 Å². The molecular weight excluding hydrogens is 429 g/mol. The second kappa shape index (κ2) is 11.3. The molecular formula is C21H24N3NaO5S. The number of carbonyl (C=O) groups is 2. The summed E-state index contributed by atoms with van der Waals surface area (Å²) in [6, 6.07) is 10.0. The molecule has 0 aromatic heterocycles. The number of carbonyl (C=O) groups excluding carboxylic acids is 2. The molecule has 0 atom stereocenters. The van der Waals surface area contributed by atoms with Gasteiger partial charge in [-0.2, -0.15) is 0 Å². The summed E-state index contributed by atoms with van der Waals surface area (Å²) in [6.07, 6.45) is 5.15. The van der Waals surface area contributed by atoms with Crippen LogP contribution in [0.15, 0.2) is 48.0 Å². The average Bonchev–Trinajstić information content (AvgIpc) is 2.70. The van der Waals surface area contributed by atoms with Gasteiger partial charge in [-0.05, 0) is 62.4 Å². The Hall–Kier alpha value is -2.33. The van der Waals surface area contributed by atoms with Gasteiger partial charge in [0.25, 0.3) is 5.91 Å². The topological polar surface area (TPSA) is 128 Å². The van der Waals surface area contributed by atoms with Crippen LogP contribution in [0, 0.1) is 6.92 Å². The van der Waals surface area contributed by atoms with Crippen molar-refractivity contribution in [3.63, 3.8) is 0 Å². The van der Waals surface area contributed by atoms with Crippen molar-refractivity contribution >= 4 is 69.4 Å². The normalized spacial score (nSPS) is 13.0. The van der Waals surface area contributed by atoms with Gasteiger partial charge < -0.3 is 15.8 Å². The molecule has 0 bridgehead atoms. The van der Waals surface area contributed by atoms with Crippen LogP contribution in [-0.2, 0) is 15.7 Å². The molecule has 0 saturated heterocycles. The van der Waals surface area contributed by atoms with E-state index >= 15 is 0 Å². The van der Waals surface area contributed by atoms with Crippen molar-refractivity contribution in [3.8, 4) is 5.75 Å².